The van der Waals surface area contributed by atoms with Crippen molar-refractivity contribution in [2.24, 2.45) is 0 Å². The maximum Gasteiger partial charge on any atom is 0.131 e. The second kappa shape index (κ2) is 13.8. The van der Waals surface area contributed by atoms with Crippen molar-refractivity contribution in [3.05, 3.63) is 133 Å². The van der Waals surface area contributed by atoms with E-state index in [0.29, 0.717) is 22.4 Å². The van der Waals surface area contributed by atoms with Crippen molar-refractivity contribution in [3.63, 3.8) is 0 Å². The van der Waals surface area contributed by atoms with Gasteiger partial charge in [-0.2, -0.15) is 0 Å². The topological polar surface area (TPSA) is 29.5 Å². The average Bonchev–Trinajstić information content (AvgIpc) is 2.98. The molecule has 0 aliphatic heterocycles. The van der Waals surface area contributed by atoms with Gasteiger partial charge >= 0.3 is 0 Å². The first-order chi connectivity index (χ1) is 19.5. The fourth-order valence-corrected chi connectivity index (χ4v) is 4.57. The van der Waals surface area contributed by atoms with Gasteiger partial charge in [-0.1, -0.05) is 97.1 Å². The molecule has 0 spiro atoms. The Kier molecular flexibility index (Phi) is 9.96. The van der Waals surface area contributed by atoms with E-state index < -0.39 is 0 Å². The zero-order chi connectivity index (χ0) is 28.5. The predicted molar refractivity (Wildman–Crippen MR) is 163 cm³/mol. The van der Waals surface area contributed by atoms with Crippen molar-refractivity contribution in [1.29, 1.82) is 0 Å². The van der Waals surface area contributed by atoms with Crippen LogP contribution in [0, 0.1) is 11.6 Å². The molecule has 0 aliphatic rings. The SMILES string of the molecule is COc1ccc2ccccc2c1-c1ccccc1F.ClCCl.Oc1ccc2ccccc2c1-c1ccccc1F. The van der Waals surface area contributed by atoms with E-state index in [4.69, 9.17) is 27.9 Å². The Morgan fingerprint density at radius 1 is 0.575 bits per heavy atom. The molecule has 0 saturated carbocycles. The van der Waals surface area contributed by atoms with Crippen LogP contribution in [-0.2, 0) is 0 Å². The van der Waals surface area contributed by atoms with Crippen LogP contribution in [0.4, 0.5) is 8.78 Å². The molecule has 40 heavy (non-hydrogen) atoms. The van der Waals surface area contributed by atoms with Crippen LogP contribution in [0.25, 0.3) is 43.8 Å². The van der Waals surface area contributed by atoms with E-state index in [0.717, 1.165) is 27.1 Å². The minimum atomic E-state index is -0.329. The van der Waals surface area contributed by atoms with E-state index in [1.807, 2.05) is 72.8 Å². The summed E-state index contributed by atoms with van der Waals surface area (Å²) in [6.07, 6.45) is 0. The Morgan fingerprint density at radius 3 is 1.52 bits per heavy atom. The van der Waals surface area contributed by atoms with Gasteiger partial charge < -0.3 is 9.84 Å². The summed E-state index contributed by atoms with van der Waals surface area (Å²) in [7, 11) is 1.61. The molecule has 1 N–H and O–H groups in total. The minimum absolute atomic E-state index is 0.0961. The van der Waals surface area contributed by atoms with Gasteiger partial charge in [0, 0.05) is 22.3 Å². The maximum atomic E-state index is 14.1. The third kappa shape index (κ3) is 6.36. The molecule has 6 aromatic carbocycles. The molecule has 6 aromatic rings. The molecule has 0 fully saturated rings. The van der Waals surface area contributed by atoms with Crippen molar-refractivity contribution in [1.82, 2.24) is 0 Å². The molecule has 0 aromatic heterocycles. The van der Waals surface area contributed by atoms with Gasteiger partial charge in [0.15, 0.2) is 0 Å². The van der Waals surface area contributed by atoms with Gasteiger partial charge in [-0.25, -0.2) is 8.78 Å². The highest BCUT2D eigenvalue weighted by molar-refractivity contribution is 6.40. The van der Waals surface area contributed by atoms with Crippen LogP contribution in [0.2, 0.25) is 0 Å². The Labute approximate surface area is 242 Å². The highest BCUT2D eigenvalue weighted by Crippen LogP contribution is 2.39. The summed E-state index contributed by atoms with van der Waals surface area (Å²) in [5, 5.41) is 14.1. The van der Waals surface area contributed by atoms with Crippen molar-refractivity contribution in [3.8, 4) is 33.8 Å². The van der Waals surface area contributed by atoms with Crippen LogP contribution < -0.4 is 4.74 Å². The molecular weight excluding hydrogens is 549 g/mol. The van der Waals surface area contributed by atoms with Gasteiger partial charge in [-0.05, 0) is 45.8 Å². The van der Waals surface area contributed by atoms with Crippen LogP contribution in [0.15, 0.2) is 121 Å². The summed E-state index contributed by atoms with van der Waals surface area (Å²) in [5.41, 5.74) is 2.34. The molecule has 0 radical (unpaired) electrons. The third-order valence-electron chi connectivity index (χ3n) is 6.30. The van der Waals surface area contributed by atoms with Gasteiger partial charge in [0.25, 0.3) is 0 Å². The molecule has 0 amide bonds. The predicted octanol–water partition coefficient (Wildman–Crippen LogP) is 10.4. The number of aromatic hydroxyl groups is 1. The number of alkyl halides is 2. The lowest BCUT2D eigenvalue weighted by Gasteiger charge is -2.13. The number of fused-ring (bicyclic) bond motifs is 2. The fourth-order valence-electron chi connectivity index (χ4n) is 4.57. The first-order valence-electron chi connectivity index (χ1n) is 12.4. The largest absolute Gasteiger partial charge is 0.507 e. The third-order valence-corrected chi connectivity index (χ3v) is 6.30. The molecule has 0 saturated heterocycles. The lowest BCUT2D eigenvalue weighted by molar-refractivity contribution is 0.416. The molecule has 0 unspecified atom stereocenters. The van der Waals surface area contributed by atoms with Gasteiger partial charge in [0.05, 0.1) is 12.4 Å². The first kappa shape index (κ1) is 28.9. The molecule has 0 atom stereocenters. The zero-order valence-corrected chi connectivity index (χ0v) is 23.1. The highest BCUT2D eigenvalue weighted by Gasteiger charge is 2.14. The van der Waals surface area contributed by atoms with Crippen LogP contribution in [0.1, 0.15) is 0 Å². The second-order valence-corrected chi connectivity index (χ2v) is 9.41. The second-order valence-electron chi connectivity index (χ2n) is 8.61. The van der Waals surface area contributed by atoms with Crippen molar-refractivity contribution in [2.75, 3.05) is 12.4 Å². The summed E-state index contributed by atoms with van der Waals surface area (Å²) < 4.78 is 33.3. The molecule has 6 rings (SSSR count). The Morgan fingerprint density at radius 2 is 1.00 bits per heavy atom. The van der Waals surface area contributed by atoms with E-state index in [-0.39, 0.29) is 22.7 Å². The number of benzene rings is 6. The molecule has 0 heterocycles. The van der Waals surface area contributed by atoms with E-state index in [9.17, 15) is 13.9 Å². The summed E-state index contributed by atoms with van der Waals surface area (Å²) in [6, 6.07) is 36.1. The summed E-state index contributed by atoms with van der Waals surface area (Å²) in [4.78, 5) is 0. The maximum absolute atomic E-state index is 14.1. The molecule has 0 aliphatic carbocycles. The van der Waals surface area contributed by atoms with E-state index in [1.165, 1.54) is 12.1 Å². The number of rotatable bonds is 3. The van der Waals surface area contributed by atoms with Crippen LogP contribution in [0.3, 0.4) is 0 Å². The molecule has 202 valence electrons. The number of hydrogen-bond donors (Lipinski definition) is 1. The standard InChI is InChI=1S/C17H13FO.C16H11FO.CH2Cl2/c1-19-16-11-10-12-6-2-3-7-13(12)17(16)14-8-4-5-9-15(14)18;17-14-8-4-3-7-13(14)16-12-6-2-1-5-11(12)9-10-15(16)18;2-1-3/h2-11H,1H3;1-10,18H;1H2. The lowest BCUT2D eigenvalue weighted by Crippen LogP contribution is -1.91. The quantitative estimate of drug-likeness (QED) is 0.213. The summed E-state index contributed by atoms with van der Waals surface area (Å²) >= 11 is 9.53. The number of halogens is 4. The van der Waals surface area contributed by atoms with Crippen molar-refractivity contribution in [2.45, 2.75) is 0 Å². The fraction of sp³-hybridized carbons (Fsp3) is 0.0588. The summed E-state index contributed by atoms with van der Waals surface area (Å²) in [5.74, 6) is 0.212. The highest BCUT2D eigenvalue weighted by atomic mass is 35.5. The molecule has 2 nitrogen and oxygen atoms in total. The van der Waals surface area contributed by atoms with Crippen LogP contribution in [0.5, 0.6) is 11.5 Å². The summed E-state index contributed by atoms with van der Waals surface area (Å²) in [6.45, 7) is 0. The van der Waals surface area contributed by atoms with Gasteiger partial charge in [-0.15, -0.1) is 23.2 Å². The number of phenolic OH excluding ortho intramolecular Hbond substituents is 1. The van der Waals surface area contributed by atoms with Crippen molar-refractivity contribution < 1.29 is 18.6 Å². The molecular formula is C34H26Cl2F2O2. The monoisotopic (exact) mass is 574 g/mol. The minimum Gasteiger partial charge on any atom is -0.507 e. The van der Waals surface area contributed by atoms with E-state index in [2.05, 4.69) is 0 Å². The number of phenols is 1. The molecule has 6 heteroatoms. The number of ether oxygens (including phenoxy) is 1. The van der Waals surface area contributed by atoms with Gasteiger partial charge in [0.1, 0.15) is 23.1 Å². The Balaban J connectivity index is 0.000000169. The van der Waals surface area contributed by atoms with Gasteiger partial charge in [0.2, 0.25) is 0 Å². The van der Waals surface area contributed by atoms with Gasteiger partial charge in [-0.3, -0.25) is 0 Å². The Bertz CT molecular complexity index is 1740. The lowest BCUT2D eigenvalue weighted by atomic mass is 9.97. The van der Waals surface area contributed by atoms with Crippen LogP contribution >= 0.6 is 23.2 Å². The normalized spacial score (nSPS) is 10.3. The first-order valence-corrected chi connectivity index (χ1v) is 13.4. The van der Waals surface area contributed by atoms with E-state index >= 15 is 0 Å². The van der Waals surface area contributed by atoms with Crippen molar-refractivity contribution >= 4 is 44.7 Å². The van der Waals surface area contributed by atoms with E-state index in [1.54, 1.807) is 43.5 Å². The zero-order valence-electron chi connectivity index (χ0n) is 21.6. The molecule has 0 bridgehead atoms. The average molecular weight is 575 g/mol. The number of methoxy groups -OCH3 is 1. The number of hydrogen-bond acceptors (Lipinski definition) is 2. The Hall–Kier alpha value is -4.12. The smallest absolute Gasteiger partial charge is 0.131 e. The van der Waals surface area contributed by atoms with Crippen LogP contribution in [-0.4, -0.2) is 17.6 Å².